The van der Waals surface area contributed by atoms with Crippen molar-refractivity contribution in [2.75, 3.05) is 10.8 Å². The zero-order valence-corrected chi connectivity index (χ0v) is 28.0. The Hall–Kier alpha value is -3.56. The molecule has 7 nitrogen and oxygen atoms in total. The van der Waals surface area contributed by atoms with Crippen LogP contribution in [0, 0.1) is 0 Å². The third kappa shape index (κ3) is 8.79. The average molecular weight is 687 g/mol. The second-order valence-corrected chi connectivity index (χ2v) is 13.7. The Morgan fingerprint density at radius 1 is 0.800 bits per heavy atom. The molecule has 4 aromatic carbocycles. The second kappa shape index (κ2) is 15.6. The lowest BCUT2D eigenvalue weighted by molar-refractivity contribution is -0.140. The summed E-state index contributed by atoms with van der Waals surface area (Å²) in [4.78, 5) is 29.8. The number of carbonyl (C=O) groups excluding carboxylic acids is 2. The maximum atomic E-state index is 14.5. The molecule has 0 radical (unpaired) electrons. The third-order valence-corrected chi connectivity index (χ3v) is 10.2. The van der Waals surface area contributed by atoms with Crippen LogP contribution in [0.3, 0.4) is 0 Å². The predicted molar refractivity (Wildman–Crippen MR) is 181 cm³/mol. The molecule has 0 unspecified atom stereocenters. The van der Waals surface area contributed by atoms with Crippen LogP contribution in [-0.4, -0.2) is 43.8 Å². The monoisotopic (exact) mass is 685 g/mol. The molecule has 0 aromatic heterocycles. The van der Waals surface area contributed by atoms with Gasteiger partial charge in [0.1, 0.15) is 12.6 Å². The number of amides is 2. The van der Waals surface area contributed by atoms with E-state index in [1.165, 1.54) is 29.2 Å². The van der Waals surface area contributed by atoms with E-state index in [2.05, 4.69) is 5.32 Å². The molecule has 0 bridgehead atoms. The van der Waals surface area contributed by atoms with Crippen molar-refractivity contribution in [1.29, 1.82) is 0 Å². The van der Waals surface area contributed by atoms with Gasteiger partial charge < -0.3 is 10.2 Å². The SMILES string of the molecule is CC[C@@H](C)NC(=O)[C@@H](Cc1ccccc1)N(Cc1ccc(Cl)cc1)C(=O)CN(c1cccc(Cl)c1Cl)S(=O)(=O)c1ccccc1. The Bertz CT molecular complexity index is 1710. The highest BCUT2D eigenvalue weighted by Gasteiger charge is 2.35. The van der Waals surface area contributed by atoms with Crippen molar-refractivity contribution in [3.8, 4) is 0 Å². The minimum Gasteiger partial charge on any atom is -0.352 e. The van der Waals surface area contributed by atoms with Crippen LogP contribution in [0.5, 0.6) is 0 Å². The van der Waals surface area contributed by atoms with Crippen LogP contribution >= 0.6 is 34.8 Å². The topological polar surface area (TPSA) is 86.8 Å². The molecular weight excluding hydrogens is 653 g/mol. The van der Waals surface area contributed by atoms with E-state index in [1.807, 2.05) is 44.2 Å². The molecule has 236 valence electrons. The third-order valence-electron chi connectivity index (χ3n) is 7.35. The number of carbonyl (C=O) groups is 2. The Morgan fingerprint density at radius 3 is 2.04 bits per heavy atom. The highest BCUT2D eigenvalue weighted by Crippen LogP contribution is 2.35. The van der Waals surface area contributed by atoms with Gasteiger partial charge in [0.25, 0.3) is 10.0 Å². The number of benzene rings is 4. The Balaban J connectivity index is 1.83. The van der Waals surface area contributed by atoms with Gasteiger partial charge in [-0.2, -0.15) is 0 Å². The van der Waals surface area contributed by atoms with E-state index in [0.29, 0.717) is 17.0 Å². The first-order chi connectivity index (χ1) is 21.5. The number of rotatable bonds is 13. The summed E-state index contributed by atoms with van der Waals surface area (Å²) >= 11 is 19.0. The van der Waals surface area contributed by atoms with Crippen molar-refractivity contribution >= 4 is 62.3 Å². The van der Waals surface area contributed by atoms with E-state index in [9.17, 15) is 18.0 Å². The lowest BCUT2D eigenvalue weighted by atomic mass is 10.0. The maximum absolute atomic E-state index is 14.5. The molecule has 4 aromatic rings. The van der Waals surface area contributed by atoms with Crippen molar-refractivity contribution in [1.82, 2.24) is 10.2 Å². The molecule has 0 aliphatic heterocycles. The van der Waals surface area contributed by atoms with Crippen LogP contribution in [0.15, 0.2) is 108 Å². The van der Waals surface area contributed by atoms with E-state index in [4.69, 9.17) is 34.8 Å². The summed E-state index contributed by atoms with van der Waals surface area (Å²) in [6, 6.07) is 27.5. The fraction of sp³-hybridized carbons (Fsp3) is 0.235. The molecule has 0 fully saturated rings. The normalized spacial score (nSPS) is 12.6. The predicted octanol–water partition coefficient (Wildman–Crippen LogP) is 7.40. The van der Waals surface area contributed by atoms with Gasteiger partial charge in [0.05, 0.1) is 20.6 Å². The fourth-order valence-electron chi connectivity index (χ4n) is 4.70. The smallest absolute Gasteiger partial charge is 0.264 e. The van der Waals surface area contributed by atoms with E-state index < -0.39 is 28.5 Å². The summed E-state index contributed by atoms with van der Waals surface area (Å²) in [6.07, 6.45) is 0.886. The van der Waals surface area contributed by atoms with Gasteiger partial charge in [-0.15, -0.1) is 0 Å². The first-order valence-electron chi connectivity index (χ1n) is 14.4. The van der Waals surface area contributed by atoms with Gasteiger partial charge in [0.2, 0.25) is 11.8 Å². The Kier molecular flexibility index (Phi) is 11.9. The molecular formula is C34H34Cl3N3O4S. The lowest BCUT2D eigenvalue weighted by Crippen LogP contribution is -2.54. The first-order valence-corrected chi connectivity index (χ1v) is 17.0. The van der Waals surface area contributed by atoms with Crippen LogP contribution in [0.1, 0.15) is 31.4 Å². The molecule has 0 aliphatic rings. The lowest BCUT2D eigenvalue weighted by Gasteiger charge is -2.34. The van der Waals surface area contributed by atoms with E-state index >= 15 is 0 Å². The van der Waals surface area contributed by atoms with Crippen molar-refractivity contribution in [2.24, 2.45) is 0 Å². The highest BCUT2D eigenvalue weighted by molar-refractivity contribution is 7.92. The van der Waals surface area contributed by atoms with E-state index in [-0.39, 0.29) is 45.5 Å². The van der Waals surface area contributed by atoms with E-state index in [1.54, 1.807) is 48.5 Å². The summed E-state index contributed by atoms with van der Waals surface area (Å²) in [5.41, 5.74) is 1.58. The van der Waals surface area contributed by atoms with Crippen molar-refractivity contribution in [3.63, 3.8) is 0 Å². The van der Waals surface area contributed by atoms with Crippen LogP contribution in [0.4, 0.5) is 5.69 Å². The van der Waals surface area contributed by atoms with Gasteiger partial charge in [0.15, 0.2) is 0 Å². The minimum absolute atomic E-state index is 0.0178. The van der Waals surface area contributed by atoms with Crippen LogP contribution in [0.2, 0.25) is 15.1 Å². The molecule has 4 rings (SSSR count). The fourth-order valence-corrected chi connectivity index (χ4v) is 6.72. The van der Waals surface area contributed by atoms with Gasteiger partial charge in [-0.1, -0.05) is 108 Å². The number of hydrogen-bond acceptors (Lipinski definition) is 4. The van der Waals surface area contributed by atoms with Gasteiger partial charge in [-0.25, -0.2) is 8.42 Å². The van der Waals surface area contributed by atoms with Gasteiger partial charge in [0, 0.05) is 24.0 Å². The quantitative estimate of drug-likeness (QED) is 0.159. The van der Waals surface area contributed by atoms with Crippen LogP contribution in [-0.2, 0) is 32.6 Å². The van der Waals surface area contributed by atoms with Crippen molar-refractivity contribution in [2.45, 2.75) is 50.2 Å². The van der Waals surface area contributed by atoms with Crippen molar-refractivity contribution < 1.29 is 18.0 Å². The van der Waals surface area contributed by atoms with Crippen LogP contribution < -0.4 is 9.62 Å². The minimum atomic E-state index is -4.30. The summed E-state index contributed by atoms with van der Waals surface area (Å²) in [5.74, 6) is -0.963. The molecule has 1 N–H and O–H groups in total. The highest BCUT2D eigenvalue weighted by atomic mass is 35.5. The molecule has 0 aliphatic carbocycles. The molecule has 2 atom stereocenters. The van der Waals surface area contributed by atoms with Gasteiger partial charge >= 0.3 is 0 Å². The Labute approximate surface area is 279 Å². The number of nitrogens with zero attached hydrogens (tertiary/aromatic N) is 2. The van der Waals surface area contributed by atoms with Crippen molar-refractivity contribution in [3.05, 3.63) is 129 Å². The maximum Gasteiger partial charge on any atom is 0.264 e. The zero-order valence-electron chi connectivity index (χ0n) is 24.9. The van der Waals surface area contributed by atoms with Gasteiger partial charge in [-0.3, -0.25) is 13.9 Å². The van der Waals surface area contributed by atoms with Crippen LogP contribution in [0.25, 0.3) is 0 Å². The summed E-state index contributed by atoms with van der Waals surface area (Å²) < 4.78 is 29.1. The molecule has 0 spiro atoms. The number of nitrogens with one attached hydrogen (secondary N) is 1. The number of sulfonamides is 1. The average Bonchev–Trinajstić information content (AvgIpc) is 3.04. The zero-order chi connectivity index (χ0) is 32.6. The summed E-state index contributed by atoms with van der Waals surface area (Å²) in [6.45, 7) is 3.21. The molecule has 2 amide bonds. The largest absolute Gasteiger partial charge is 0.352 e. The number of hydrogen-bond donors (Lipinski definition) is 1. The standard InChI is InChI=1S/C34H34Cl3N3O4S/c1-3-24(2)38-34(42)31(21-25-11-6-4-7-12-25)39(22-26-17-19-27(35)20-18-26)32(41)23-40(30-16-10-15-29(36)33(30)37)45(43,44)28-13-8-5-9-14-28/h4-20,24,31H,3,21-23H2,1-2H3,(H,38,42)/t24-,31-/m1/s1. The Morgan fingerprint density at radius 2 is 1.42 bits per heavy atom. The number of anilines is 1. The first kappa shape index (κ1) is 34.3. The summed E-state index contributed by atoms with van der Waals surface area (Å²) in [5, 5.41) is 3.64. The number of halogens is 3. The molecule has 11 heteroatoms. The molecule has 45 heavy (non-hydrogen) atoms. The second-order valence-electron chi connectivity index (χ2n) is 10.6. The molecule has 0 saturated heterocycles. The van der Waals surface area contributed by atoms with Gasteiger partial charge in [-0.05, 0) is 60.9 Å². The molecule has 0 saturated carbocycles. The summed E-state index contributed by atoms with van der Waals surface area (Å²) in [7, 11) is -4.30. The van der Waals surface area contributed by atoms with E-state index in [0.717, 1.165) is 9.87 Å². The molecule has 0 heterocycles.